The number of rotatable bonds is 4. The van der Waals surface area contributed by atoms with Gasteiger partial charge in [0, 0.05) is 25.0 Å². The molecule has 0 aliphatic rings. The third-order valence-electron chi connectivity index (χ3n) is 2.66. The van der Waals surface area contributed by atoms with E-state index in [0.717, 1.165) is 16.1 Å². The van der Waals surface area contributed by atoms with Gasteiger partial charge in [0.15, 0.2) is 0 Å². The number of nitrogen functional groups attached to an aromatic ring is 1. The number of anilines is 2. The molecular weight excluding hydrogens is 262 g/mol. The smallest absolute Gasteiger partial charge is 0.241 e. The van der Waals surface area contributed by atoms with Gasteiger partial charge in [0.25, 0.3) is 0 Å². The van der Waals surface area contributed by atoms with Crippen molar-refractivity contribution in [2.75, 3.05) is 18.1 Å². The number of hydrogen-bond acceptors (Lipinski definition) is 6. The van der Waals surface area contributed by atoms with Gasteiger partial charge in [0.05, 0.1) is 5.56 Å². The predicted octanol–water partition coefficient (Wildman–Crippen LogP) is 1.33. The van der Waals surface area contributed by atoms with Crippen LogP contribution in [0.1, 0.15) is 6.92 Å². The van der Waals surface area contributed by atoms with Crippen LogP contribution in [-0.2, 0) is 4.79 Å². The first-order valence-corrected chi connectivity index (χ1v) is 6.54. The van der Waals surface area contributed by atoms with Crippen LogP contribution in [0.5, 0.6) is 0 Å². The second-order valence-corrected chi connectivity index (χ2v) is 4.77. The molecule has 2 aromatic heterocycles. The topological polar surface area (TPSA) is 92.9 Å². The van der Waals surface area contributed by atoms with Crippen LogP contribution in [0.4, 0.5) is 10.8 Å². The van der Waals surface area contributed by atoms with Gasteiger partial charge in [-0.25, -0.2) is 0 Å². The zero-order valence-corrected chi connectivity index (χ0v) is 11.5. The molecule has 7 heteroatoms. The van der Waals surface area contributed by atoms with E-state index in [0.29, 0.717) is 5.82 Å². The van der Waals surface area contributed by atoms with Crippen molar-refractivity contribution in [2.24, 2.45) is 0 Å². The van der Waals surface area contributed by atoms with Crippen LogP contribution >= 0.6 is 11.5 Å². The number of nitrogens with two attached hydrogens (primary N) is 1. The zero-order chi connectivity index (χ0) is 13.8. The maximum Gasteiger partial charge on any atom is 0.241 e. The molecule has 0 aromatic carbocycles. The van der Waals surface area contributed by atoms with Crippen molar-refractivity contribution in [2.45, 2.75) is 13.0 Å². The molecule has 0 fully saturated rings. The molecule has 100 valence electrons. The molecule has 2 rings (SSSR count). The van der Waals surface area contributed by atoms with E-state index in [-0.39, 0.29) is 11.9 Å². The Morgan fingerprint density at radius 3 is 2.95 bits per heavy atom. The first kappa shape index (κ1) is 13.3. The number of hydrogen-bond donors (Lipinski definition) is 3. The summed E-state index contributed by atoms with van der Waals surface area (Å²) in [7, 11) is 1.60. The van der Waals surface area contributed by atoms with Crippen LogP contribution in [0.15, 0.2) is 24.5 Å². The Balaban J connectivity index is 2.31. The highest BCUT2D eigenvalue weighted by atomic mass is 32.1. The molecule has 1 atom stereocenters. The third-order valence-corrected chi connectivity index (χ3v) is 3.45. The van der Waals surface area contributed by atoms with Crippen LogP contribution in [0.25, 0.3) is 11.1 Å². The molecule has 0 saturated heterocycles. The van der Waals surface area contributed by atoms with Crippen molar-refractivity contribution in [3.8, 4) is 11.1 Å². The molecule has 2 aromatic rings. The summed E-state index contributed by atoms with van der Waals surface area (Å²) in [4.78, 5) is 15.6. The molecule has 1 amide bonds. The van der Waals surface area contributed by atoms with Crippen molar-refractivity contribution in [1.29, 1.82) is 0 Å². The minimum absolute atomic E-state index is 0.0934. The number of likely N-dealkylation sites (N-methyl/N-ethyl adjacent to an activating group) is 1. The van der Waals surface area contributed by atoms with Gasteiger partial charge >= 0.3 is 0 Å². The lowest BCUT2D eigenvalue weighted by Gasteiger charge is -2.13. The Morgan fingerprint density at radius 2 is 2.32 bits per heavy atom. The Hall–Kier alpha value is -2.15. The van der Waals surface area contributed by atoms with Crippen LogP contribution < -0.4 is 16.4 Å². The van der Waals surface area contributed by atoms with E-state index < -0.39 is 0 Å². The SMILES string of the molecule is CNC(=O)C(C)Nc1snc(N)c1-c1cccnc1. The average molecular weight is 277 g/mol. The van der Waals surface area contributed by atoms with Crippen LogP contribution in [0, 0.1) is 0 Å². The highest BCUT2D eigenvalue weighted by Gasteiger charge is 2.18. The fraction of sp³-hybridized carbons (Fsp3) is 0.250. The fourth-order valence-electron chi connectivity index (χ4n) is 1.67. The minimum Gasteiger partial charge on any atom is -0.382 e. The lowest BCUT2D eigenvalue weighted by molar-refractivity contribution is -0.121. The zero-order valence-electron chi connectivity index (χ0n) is 10.7. The van der Waals surface area contributed by atoms with Crippen LogP contribution in [0.2, 0.25) is 0 Å². The summed E-state index contributed by atoms with van der Waals surface area (Å²) < 4.78 is 4.13. The number of carbonyl (C=O) groups is 1. The standard InChI is InChI=1S/C12H15N5OS/c1-7(11(18)14-2)16-12-9(10(13)17-19-12)8-4-3-5-15-6-8/h3-7,16H,1-2H3,(H2,13,17)(H,14,18). The number of carbonyl (C=O) groups excluding carboxylic acids is 1. The largest absolute Gasteiger partial charge is 0.382 e. The van der Waals surface area contributed by atoms with Gasteiger partial charge < -0.3 is 16.4 Å². The first-order valence-electron chi connectivity index (χ1n) is 5.77. The van der Waals surface area contributed by atoms with Crippen LogP contribution in [-0.4, -0.2) is 28.4 Å². The number of aromatic nitrogens is 2. The molecule has 2 heterocycles. The summed E-state index contributed by atoms with van der Waals surface area (Å²) >= 11 is 1.23. The number of amides is 1. The maximum atomic E-state index is 11.5. The number of pyridine rings is 1. The summed E-state index contributed by atoms with van der Waals surface area (Å²) in [5.74, 6) is 0.341. The molecule has 1 unspecified atom stereocenters. The summed E-state index contributed by atoms with van der Waals surface area (Å²) in [6.07, 6.45) is 3.41. The van der Waals surface area contributed by atoms with Crippen molar-refractivity contribution < 1.29 is 4.79 Å². The molecule has 6 nitrogen and oxygen atoms in total. The Kier molecular flexibility index (Phi) is 3.96. The van der Waals surface area contributed by atoms with Gasteiger partial charge in [0.1, 0.15) is 16.9 Å². The van der Waals surface area contributed by atoms with Crippen molar-refractivity contribution in [1.82, 2.24) is 14.7 Å². The Bertz CT molecular complexity index is 569. The number of nitrogens with zero attached hydrogens (tertiary/aromatic N) is 2. The molecule has 0 saturated carbocycles. The molecule has 19 heavy (non-hydrogen) atoms. The summed E-state index contributed by atoms with van der Waals surface area (Å²) in [6, 6.07) is 3.38. The Morgan fingerprint density at radius 1 is 1.53 bits per heavy atom. The predicted molar refractivity (Wildman–Crippen MR) is 76.9 cm³/mol. The van der Waals surface area contributed by atoms with E-state index in [4.69, 9.17) is 5.73 Å². The quantitative estimate of drug-likeness (QED) is 0.784. The summed E-state index contributed by atoms with van der Waals surface area (Å²) in [5.41, 5.74) is 7.55. The fourth-order valence-corrected chi connectivity index (χ4v) is 2.49. The molecule has 0 radical (unpaired) electrons. The van der Waals surface area contributed by atoms with Crippen molar-refractivity contribution in [3.63, 3.8) is 0 Å². The lowest BCUT2D eigenvalue weighted by Crippen LogP contribution is -2.35. The normalized spacial score (nSPS) is 11.9. The number of nitrogens with one attached hydrogen (secondary N) is 2. The van der Waals surface area contributed by atoms with E-state index in [2.05, 4.69) is 20.0 Å². The summed E-state index contributed by atoms with van der Waals surface area (Å²) in [5, 5.41) is 6.47. The van der Waals surface area contributed by atoms with Gasteiger partial charge in [0.2, 0.25) is 5.91 Å². The van der Waals surface area contributed by atoms with Gasteiger partial charge in [-0.15, -0.1) is 0 Å². The van der Waals surface area contributed by atoms with Gasteiger partial charge in [-0.3, -0.25) is 9.78 Å². The van der Waals surface area contributed by atoms with Crippen molar-refractivity contribution >= 4 is 28.3 Å². The van der Waals surface area contributed by atoms with E-state index >= 15 is 0 Å². The lowest BCUT2D eigenvalue weighted by atomic mass is 10.1. The molecule has 0 spiro atoms. The molecule has 0 aliphatic heterocycles. The van der Waals surface area contributed by atoms with Gasteiger partial charge in [-0.2, -0.15) is 4.37 Å². The van der Waals surface area contributed by atoms with Crippen LogP contribution in [0.3, 0.4) is 0 Å². The minimum atomic E-state index is -0.361. The van der Waals surface area contributed by atoms with E-state index in [9.17, 15) is 4.79 Å². The maximum absolute atomic E-state index is 11.5. The second kappa shape index (κ2) is 5.66. The summed E-state index contributed by atoms with van der Waals surface area (Å²) in [6.45, 7) is 1.78. The Labute approximate surface area is 115 Å². The monoisotopic (exact) mass is 277 g/mol. The first-order chi connectivity index (χ1) is 9.13. The van der Waals surface area contributed by atoms with E-state index in [1.54, 1.807) is 26.4 Å². The van der Waals surface area contributed by atoms with E-state index in [1.807, 2.05) is 12.1 Å². The van der Waals surface area contributed by atoms with Gasteiger partial charge in [-0.05, 0) is 24.5 Å². The van der Waals surface area contributed by atoms with E-state index in [1.165, 1.54) is 11.5 Å². The third kappa shape index (κ3) is 2.82. The highest BCUT2D eigenvalue weighted by Crippen LogP contribution is 2.36. The van der Waals surface area contributed by atoms with Crippen molar-refractivity contribution in [3.05, 3.63) is 24.5 Å². The average Bonchev–Trinajstić information content (AvgIpc) is 2.79. The molecular formula is C12H15N5OS. The molecule has 4 N–H and O–H groups in total. The van der Waals surface area contributed by atoms with Gasteiger partial charge in [-0.1, -0.05) is 6.07 Å². The molecule has 0 aliphatic carbocycles. The molecule has 0 bridgehead atoms. The highest BCUT2D eigenvalue weighted by molar-refractivity contribution is 7.11. The second-order valence-electron chi connectivity index (χ2n) is 3.99.